The molecule has 120 valence electrons. The highest BCUT2D eigenvalue weighted by Gasteiger charge is 2.14. The van der Waals surface area contributed by atoms with Gasteiger partial charge in [0.2, 0.25) is 5.91 Å². The number of hydrogen-bond acceptors (Lipinski definition) is 3. The van der Waals surface area contributed by atoms with Gasteiger partial charge in [0.15, 0.2) is 0 Å². The van der Waals surface area contributed by atoms with E-state index in [1.165, 1.54) is 4.68 Å². The molecular formula is C17H20N4O2. The van der Waals surface area contributed by atoms with E-state index >= 15 is 0 Å². The Morgan fingerprint density at radius 1 is 1.22 bits per heavy atom. The van der Waals surface area contributed by atoms with E-state index in [0.717, 1.165) is 23.1 Å². The molecule has 2 heterocycles. The molecule has 0 bridgehead atoms. The van der Waals surface area contributed by atoms with Gasteiger partial charge in [-0.2, -0.15) is 5.10 Å². The molecule has 0 aliphatic rings. The zero-order valence-electron chi connectivity index (χ0n) is 13.4. The topological polar surface area (TPSA) is 68.4 Å². The molecular weight excluding hydrogens is 292 g/mol. The van der Waals surface area contributed by atoms with Gasteiger partial charge in [-0.25, -0.2) is 4.68 Å². The predicted molar refractivity (Wildman–Crippen MR) is 89.6 cm³/mol. The van der Waals surface area contributed by atoms with Gasteiger partial charge < -0.3 is 5.32 Å². The van der Waals surface area contributed by atoms with Gasteiger partial charge in [-0.05, 0) is 18.6 Å². The van der Waals surface area contributed by atoms with Gasteiger partial charge in [0.1, 0.15) is 17.9 Å². The van der Waals surface area contributed by atoms with Crippen LogP contribution in [-0.4, -0.2) is 26.6 Å². The SMILES string of the molecule is CCCNC(=O)Cn1nc(CC)n2c(cc3ccccc32)c1=O. The van der Waals surface area contributed by atoms with E-state index < -0.39 is 0 Å². The van der Waals surface area contributed by atoms with E-state index in [0.29, 0.717) is 18.5 Å². The Balaban J connectivity index is 2.14. The van der Waals surface area contributed by atoms with Crippen LogP contribution in [0.25, 0.3) is 16.4 Å². The van der Waals surface area contributed by atoms with Gasteiger partial charge in [0, 0.05) is 18.4 Å². The Morgan fingerprint density at radius 2 is 2.00 bits per heavy atom. The maximum atomic E-state index is 12.7. The summed E-state index contributed by atoms with van der Waals surface area (Å²) < 4.78 is 3.15. The van der Waals surface area contributed by atoms with Crippen molar-refractivity contribution in [1.82, 2.24) is 19.5 Å². The van der Waals surface area contributed by atoms with E-state index in [1.54, 1.807) is 0 Å². The molecule has 1 amide bonds. The van der Waals surface area contributed by atoms with Crippen molar-refractivity contribution in [2.45, 2.75) is 33.2 Å². The van der Waals surface area contributed by atoms with E-state index in [9.17, 15) is 9.59 Å². The van der Waals surface area contributed by atoms with Crippen molar-refractivity contribution < 1.29 is 4.79 Å². The standard InChI is InChI=1S/C17H20N4O2/c1-3-9-18-16(22)11-20-17(23)14-10-12-7-5-6-8-13(12)21(14)15(4-2)19-20/h5-8,10H,3-4,9,11H2,1-2H3,(H,18,22). The summed E-state index contributed by atoms with van der Waals surface area (Å²) in [6.07, 6.45) is 1.53. The largest absolute Gasteiger partial charge is 0.355 e. The molecule has 0 saturated carbocycles. The minimum absolute atomic E-state index is 0.0517. The Kier molecular flexibility index (Phi) is 4.14. The first-order valence-electron chi connectivity index (χ1n) is 7.92. The van der Waals surface area contributed by atoms with E-state index in [-0.39, 0.29) is 18.0 Å². The number of aromatic nitrogens is 3. The zero-order valence-corrected chi connectivity index (χ0v) is 13.4. The molecule has 2 aromatic heterocycles. The maximum Gasteiger partial charge on any atom is 0.291 e. The van der Waals surface area contributed by atoms with Crippen molar-refractivity contribution in [1.29, 1.82) is 0 Å². The molecule has 0 unspecified atom stereocenters. The molecule has 0 spiro atoms. The van der Waals surface area contributed by atoms with Gasteiger partial charge >= 0.3 is 0 Å². The monoisotopic (exact) mass is 312 g/mol. The number of nitrogens with one attached hydrogen (secondary N) is 1. The zero-order chi connectivity index (χ0) is 16.4. The van der Waals surface area contributed by atoms with Crippen LogP contribution in [-0.2, 0) is 17.8 Å². The fourth-order valence-electron chi connectivity index (χ4n) is 2.74. The lowest BCUT2D eigenvalue weighted by Gasteiger charge is -2.10. The van der Waals surface area contributed by atoms with Crippen molar-refractivity contribution in [3.05, 3.63) is 46.5 Å². The average molecular weight is 312 g/mol. The smallest absolute Gasteiger partial charge is 0.291 e. The quantitative estimate of drug-likeness (QED) is 0.780. The molecule has 3 aromatic rings. The lowest BCUT2D eigenvalue weighted by atomic mass is 10.2. The lowest BCUT2D eigenvalue weighted by molar-refractivity contribution is -0.121. The van der Waals surface area contributed by atoms with Crippen molar-refractivity contribution in [2.75, 3.05) is 6.54 Å². The van der Waals surface area contributed by atoms with E-state index in [2.05, 4.69) is 10.4 Å². The molecule has 0 fully saturated rings. The van der Waals surface area contributed by atoms with Crippen LogP contribution in [0.3, 0.4) is 0 Å². The summed E-state index contributed by atoms with van der Waals surface area (Å²) in [5, 5.41) is 8.17. The number of fused-ring (bicyclic) bond motifs is 3. The van der Waals surface area contributed by atoms with Gasteiger partial charge in [0.25, 0.3) is 5.56 Å². The Morgan fingerprint density at radius 3 is 2.74 bits per heavy atom. The number of hydrogen-bond donors (Lipinski definition) is 1. The number of carbonyl (C=O) groups excluding carboxylic acids is 1. The first-order chi connectivity index (χ1) is 11.2. The van der Waals surface area contributed by atoms with Crippen LogP contribution in [0, 0.1) is 0 Å². The molecule has 1 N–H and O–H groups in total. The minimum atomic E-state index is -0.245. The molecule has 0 atom stereocenters. The first-order valence-corrected chi connectivity index (χ1v) is 7.92. The first kappa shape index (κ1) is 15.3. The molecule has 1 aromatic carbocycles. The highest BCUT2D eigenvalue weighted by molar-refractivity contribution is 5.87. The number of aryl methyl sites for hydroxylation is 1. The average Bonchev–Trinajstić information content (AvgIpc) is 2.95. The van der Waals surface area contributed by atoms with E-state index in [1.807, 2.05) is 48.6 Å². The second-order valence-electron chi connectivity index (χ2n) is 5.51. The van der Waals surface area contributed by atoms with Crippen LogP contribution in [0.1, 0.15) is 26.1 Å². The van der Waals surface area contributed by atoms with Gasteiger partial charge in [0.05, 0.1) is 5.52 Å². The normalized spacial score (nSPS) is 11.2. The predicted octanol–water partition coefficient (Wildman–Crippen LogP) is 1.74. The van der Waals surface area contributed by atoms with Gasteiger partial charge in [-0.3, -0.25) is 14.0 Å². The van der Waals surface area contributed by atoms with Crippen LogP contribution in [0.4, 0.5) is 0 Å². The summed E-state index contributed by atoms with van der Waals surface area (Å²) in [7, 11) is 0. The second-order valence-corrected chi connectivity index (χ2v) is 5.51. The molecule has 0 aliphatic carbocycles. The van der Waals surface area contributed by atoms with Gasteiger partial charge in [-0.15, -0.1) is 0 Å². The molecule has 6 nitrogen and oxygen atoms in total. The summed E-state index contributed by atoms with van der Waals surface area (Å²) in [4.78, 5) is 24.6. The number of carbonyl (C=O) groups is 1. The summed E-state index contributed by atoms with van der Waals surface area (Å²) in [5.74, 6) is 0.577. The highest BCUT2D eigenvalue weighted by atomic mass is 16.2. The summed E-state index contributed by atoms with van der Waals surface area (Å²) in [6, 6.07) is 9.69. The van der Waals surface area contributed by atoms with Gasteiger partial charge in [-0.1, -0.05) is 32.0 Å². The summed E-state index contributed by atoms with van der Waals surface area (Å²) in [6.45, 7) is 4.52. The minimum Gasteiger partial charge on any atom is -0.355 e. The van der Waals surface area contributed by atoms with Crippen molar-refractivity contribution in [2.24, 2.45) is 0 Å². The van der Waals surface area contributed by atoms with Crippen LogP contribution in [0.5, 0.6) is 0 Å². The van der Waals surface area contributed by atoms with Crippen molar-refractivity contribution in [3.63, 3.8) is 0 Å². The van der Waals surface area contributed by atoms with Crippen molar-refractivity contribution in [3.8, 4) is 0 Å². The van der Waals surface area contributed by atoms with E-state index in [4.69, 9.17) is 0 Å². The number of nitrogens with zero attached hydrogens (tertiary/aromatic N) is 3. The van der Waals surface area contributed by atoms with Crippen molar-refractivity contribution >= 4 is 22.3 Å². The van der Waals surface area contributed by atoms with Crippen LogP contribution < -0.4 is 10.9 Å². The Bertz CT molecular complexity index is 923. The number of para-hydroxylation sites is 1. The summed E-state index contributed by atoms with van der Waals surface area (Å²) in [5.41, 5.74) is 1.28. The number of amides is 1. The molecule has 0 radical (unpaired) electrons. The third kappa shape index (κ3) is 2.72. The van der Waals surface area contributed by atoms with Crippen LogP contribution in [0.2, 0.25) is 0 Å². The lowest BCUT2D eigenvalue weighted by Crippen LogP contribution is -2.35. The fraction of sp³-hybridized carbons (Fsp3) is 0.353. The second kappa shape index (κ2) is 6.24. The molecule has 0 saturated heterocycles. The number of benzene rings is 1. The molecule has 0 aliphatic heterocycles. The molecule has 6 heteroatoms. The summed E-state index contributed by atoms with van der Waals surface area (Å²) >= 11 is 0. The highest BCUT2D eigenvalue weighted by Crippen LogP contribution is 2.19. The molecule has 3 rings (SSSR count). The number of rotatable bonds is 5. The Labute approximate surface area is 133 Å². The third-order valence-electron chi connectivity index (χ3n) is 3.84. The molecule has 23 heavy (non-hydrogen) atoms. The van der Waals surface area contributed by atoms with Crippen LogP contribution in [0.15, 0.2) is 35.1 Å². The third-order valence-corrected chi connectivity index (χ3v) is 3.84. The fourth-order valence-corrected chi connectivity index (χ4v) is 2.74. The maximum absolute atomic E-state index is 12.7. The van der Waals surface area contributed by atoms with Crippen LogP contribution >= 0.6 is 0 Å². The Hall–Kier alpha value is -2.63.